The van der Waals surface area contributed by atoms with E-state index in [4.69, 9.17) is 4.74 Å². The van der Waals surface area contributed by atoms with E-state index in [2.05, 4.69) is 20.1 Å². The van der Waals surface area contributed by atoms with Gasteiger partial charge in [-0.1, -0.05) is 30.3 Å². The number of aromatic nitrogens is 4. The summed E-state index contributed by atoms with van der Waals surface area (Å²) in [4.78, 5) is 23.4. The lowest BCUT2D eigenvalue weighted by Crippen LogP contribution is -2.04. The van der Waals surface area contributed by atoms with Gasteiger partial charge in [-0.05, 0) is 13.0 Å². The fraction of sp³-hybridized carbons (Fsp3) is 0.143. The first kappa shape index (κ1) is 18.4. The SMILES string of the molecule is CCOC(=O)c1cnc2[nH]c(O)c(C=Nc3cc(-c4ccccc4)nn3C)c2c1. The van der Waals surface area contributed by atoms with E-state index in [1.807, 2.05) is 36.4 Å². The maximum Gasteiger partial charge on any atom is 0.339 e. The first-order chi connectivity index (χ1) is 14.1. The molecule has 0 aliphatic heterocycles. The molecule has 4 rings (SSSR count). The van der Waals surface area contributed by atoms with Crippen LogP contribution in [-0.4, -0.2) is 43.6 Å². The predicted octanol–water partition coefficient (Wildman–Crippen LogP) is 3.60. The number of nitrogens with zero attached hydrogens (tertiary/aromatic N) is 4. The molecule has 0 saturated carbocycles. The lowest BCUT2D eigenvalue weighted by molar-refractivity contribution is 0.0526. The van der Waals surface area contributed by atoms with E-state index in [0.29, 0.717) is 28.0 Å². The van der Waals surface area contributed by atoms with Gasteiger partial charge in [-0.15, -0.1) is 0 Å². The van der Waals surface area contributed by atoms with Gasteiger partial charge in [0.2, 0.25) is 0 Å². The van der Waals surface area contributed by atoms with Crippen molar-refractivity contribution < 1.29 is 14.6 Å². The first-order valence-electron chi connectivity index (χ1n) is 9.08. The molecule has 3 aromatic heterocycles. The molecule has 0 aliphatic rings. The largest absolute Gasteiger partial charge is 0.494 e. The molecule has 0 saturated heterocycles. The van der Waals surface area contributed by atoms with Crippen LogP contribution in [0, 0.1) is 0 Å². The van der Waals surface area contributed by atoms with E-state index < -0.39 is 5.97 Å². The Kier molecular flexibility index (Phi) is 4.82. The number of rotatable bonds is 5. The van der Waals surface area contributed by atoms with E-state index in [-0.39, 0.29) is 12.5 Å². The van der Waals surface area contributed by atoms with Crippen LogP contribution in [0.25, 0.3) is 22.3 Å². The van der Waals surface area contributed by atoms with Crippen LogP contribution < -0.4 is 0 Å². The number of esters is 1. The number of aromatic amines is 1. The zero-order chi connectivity index (χ0) is 20.4. The van der Waals surface area contributed by atoms with Crippen molar-refractivity contribution in [1.29, 1.82) is 0 Å². The van der Waals surface area contributed by atoms with E-state index in [9.17, 15) is 9.90 Å². The van der Waals surface area contributed by atoms with E-state index >= 15 is 0 Å². The van der Waals surface area contributed by atoms with Crippen molar-refractivity contribution in [3.05, 3.63) is 59.8 Å². The van der Waals surface area contributed by atoms with Gasteiger partial charge in [0.15, 0.2) is 11.7 Å². The normalized spacial score (nSPS) is 11.4. The summed E-state index contributed by atoms with van der Waals surface area (Å²) in [5.41, 5.74) is 2.98. The van der Waals surface area contributed by atoms with Gasteiger partial charge < -0.3 is 14.8 Å². The Bertz CT molecular complexity index is 1210. The second-order valence-electron chi connectivity index (χ2n) is 6.36. The number of carbonyl (C=O) groups excluding carboxylic acids is 1. The maximum atomic E-state index is 12.0. The van der Waals surface area contributed by atoms with Gasteiger partial charge in [-0.25, -0.2) is 14.8 Å². The number of aryl methyl sites for hydroxylation is 1. The molecule has 0 unspecified atom stereocenters. The Morgan fingerprint density at radius 2 is 2.10 bits per heavy atom. The number of aromatic hydroxyl groups is 1. The van der Waals surface area contributed by atoms with Crippen LogP contribution in [0.3, 0.4) is 0 Å². The smallest absolute Gasteiger partial charge is 0.339 e. The fourth-order valence-corrected chi connectivity index (χ4v) is 2.99. The van der Waals surface area contributed by atoms with Gasteiger partial charge in [0.05, 0.1) is 23.4 Å². The minimum Gasteiger partial charge on any atom is -0.494 e. The molecular weight excluding hydrogens is 370 g/mol. The lowest BCUT2D eigenvalue weighted by atomic mass is 10.1. The Balaban J connectivity index is 1.70. The van der Waals surface area contributed by atoms with Gasteiger partial charge in [0.25, 0.3) is 0 Å². The molecule has 0 amide bonds. The predicted molar refractivity (Wildman–Crippen MR) is 110 cm³/mol. The molecule has 29 heavy (non-hydrogen) atoms. The molecule has 8 nitrogen and oxygen atoms in total. The van der Waals surface area contributed by atoms with Crippen molar-refractivity contribution in [2.45, 2.75) is 6.92 Å². The third kappa shape index (κ3) is 3.60. The number of benzene rings is 1. The molecule has 1 aromatic carbocycles. The van der Waals surface area contributed by atoms with Crippen LogP contribution in [0.1, 0.15) is 22.8 Å². The summed E-state index contributed by atoms with van der Waals surface area (Å²) < 4.78 is 6.68. The van der Waals surface area contributed by atoms with Crippen LogP contribution in [0.15, 0.2) is 53.7 Å². The number of fused-ring (bicyclic) bond motifs is 1. The van der Waals surface area contributed by atoms with Crippen LogP contribution in [0.5, 0.6) is 5.88 Å². The second kappa shape index (κ2) is 7.59. The standard InChI is InChI=1S/C21H19N5O3/c1-3-29-21(28)14-9-15-16(20(27)24-19(15)23-11-14)12-22-18-10-17(25-26(18)2)13-7-5-4-6-8-13/h4-12,27H,3H2,1-2H3,(H,23,24). The quantitative estimate of drug-likeness (QED) is 0.401. The number of hydrogen-bond acceptors (Lipinski definition) is 6. The first-order valence-corrected chi connectivity index (χ1v) is 9.08. The molecular formula is C21H19N5O3. The zero-order valence-corrected chi connectivity index (χ0v) is 16.0. The summed E-state index contributed by atoms with van der Waals surface area (Å²) in [6, 6.07) is 13.3. The summed E-state index contributed by atoms with van der Waals surface area (Å²) in [5, 5.41) is 15.3. The van der Waals surface area contributed by atoms with Crippen LogP contribution >= 0.6 is 0 Å². The van der Waals surface area contributed by atoms with Crippen molar-refractivity contribution in [3.63, 3.8) is 0 Å². The summed E-state index contributed by atoms with van der Waals surface area (Å²) in [7, 11) is 1.80. The average molecular weight is 389 g/mol. The summed E-state index contributed by atoms with van der Waals surface area (Å²) in [6.45, 7) is 2.01. The highest BCUT2D eigenvalue weighted by Gasteiger charge is 2.15. The van der Waals surface area contributed by atoms with Gasteiger partial charge in [0, 0.05) is 36.5 Å². The molecule has 0 atom stereocenters. The summed E-state index contributed by atoms with van der Waals surface area (Å²) in [5.74, 6) is 0.0689. The number of carbonyl (C=O) groups is 1. The third-order valence-corrected chi connectivity index (χ3v) is 4.43. The lowest BCUT2D eigenvalue weighted by Gasteiger charge is -2.01. The van der Waals surface area contributed by atoms with Crippen LogP contribution in [0.2, 0.25) is 0 Å². The molecule has 0 aliphatic carbocycles. The molecule has 2 N–H and O–H groups in total. The minimum atomic E-state index is -0.468. The molecule has 0 bridgehead atoms. The molecule has 0 fully saturated rings. The van der Waals surface area contributed by atoms with Gasteiger partial charge in [-0.3, -0.25) is 4.68 Å². The van der Waals surface area contributed by atoms with Gasteiger partial charge in [-0.2, -0.15) is 5.10 Å². The van der Waals surface area contributed by atoms with Crippen molar-refractivity contribution in [1.82, 2.24) is 19.7 Å². The number of H-pyrrole nitrogens is 1. The number of nitrogens with one attached hydrogen (secondary N) is 1. The fourth-order valence-electron chi connectivity index (χ4n) is 2.99. The molecule has 0 radical (unpaired) electrons. The Morgan fingerprint density at radius 1 is 1.31 bits per heavy atom. The molecule has 4 aromatic rings. The van der Waals surface area contributed by atoms with Crippen molar-refractivity contribution in [2.75, 3.05) is 6.61 Å². The van der Waals surface area contributed by atoms with Crippen molar-refractivity contribution >= 4 is 29.0 Å². The van der Waals surface area contributed by atoms with Gasteiger partial charge in [0.1, 0.15) is 5.65 Å². The Hall–Kier alpha value is -3.94. The Morgan fingerprint density at radius 3 is 2.86 bits per heavy atom. The van der Waals surface area contributed by atoms with E-state index in [0.717, 1.165) is 11.3 Å². The maximum absolute atomic E-state index is 12.0. The second-order valence-corrected chi connectivity index (χ2v) is 6.36. The molecule has 146 valence electrons. The summed E-state index contributed by atoms with van der Waals surface area (Å²) in [6.07, 6.45) is 2.93. The molecule has 8 heteroatoms. The van der Waals surface area contributed by atoms with E-state index in [1.165, 1.54) is 12.4 Å². The Labute approximate surface area is 166 Å². The average Bonchev–Trinajstić information content (AvgIpc) is 3.25. The highest BCUT2D eigenvalue weighted by Crippen LogP contribution is 2.27. The number of ether oxygens (including phenoxy) is 1. The number of hydrogen-bond donors (Lipinski definition) is 2. The minimum absolute atomic E-state index is 0.0808. The number of pyridine rings is 1. The number of aliphatic imine (C=N–C) groups is 1. The van der Waals surface area contributed by atoms with Crippen LogP contribution in [0.4, 0.5) is 5.82 Å². The highest BCUT2D eigenvalue weighted by atomic mass is 16.5. The zero-order valence-electron chi connectivity index (χ0n) is 16.0. The molecule has 0 spiro atoms. The third-order valence-electron chi connectivity index (χ3n) is 4.43. The van der Waals surface area contributed by atoms with E-state index in [1.54, 1.807) is 24.7 Å². The molecule has 3 heterocycles. The van der Waals surface area contributed by atoms with Crippen LogP contribution in [-0.2, 0) is 11.8 Å². The monoisotopic (exact) mass is 389 g/mol. The topological polar surface area (TPSA) is 105 Å². The van der Waals surface area contributed by atoms with Crippen molar-refractivity contribution in [3.8, 4) is 17.1 Å². The van der Waals surface area contributed by atoms with Gasteiger partial charge >= 0.3 is 5.97 Å². The summed E-state index contributed by atoms with van der Waals surface area (Å²) >= 11 is 0. The highest BCUT2D eigenvalue weighted by molar-refractivity contribution is 6.03. The van der Waals surface area contributed by atoms with Crippen molar-refractivity contribution in [2.24, 2.45) is 12.0 Å².